The van der Waals surface area contributed by atoms with Gasteiger partial charge < -0.3 is 4.89 Å². The van der Waals surface area contributed by atoms with Gasteiger partial charge in [-0.1, -0.05) is 4.91 Å². The van der Waals surface area contributed by atoms with Crippen LogP contribution in [0.25, 0.3) is 0 Å². The maximum atomic E-state index is 10.2. The molecule has 0 amide bonds. The van der Waals surface area contributed by atoms with Gasteiger partial charge in [0.1, 0.15) is 0 Å². The average Bonchev–Trinajstić information content (AvgIpc) is 1.87. The van der Waals surface area contributed by atoms with Gasteiger partial charge in [-0.3, -0.25) is 4.57 Å². The van der Waals surface area contributed by atoms with Crippen LogP contribution >= 0.6 is 15.5 Å². The summed E-state index contributed by atoms with van der Waals surface area (Å²) in [4.78, 5) is 30.9. The Morgan fingerprint density at radius 3 is 2.30 bits per heavy atom. The average molecular weight is 185 g/mol. The highest BCUT2D eigenvalue weighted by molar-refractivity contribution is 7.68. The van der Waals surface area contributed by atoms with Crippen LogP contribution in [0.15, 0.2) is 9.89 Å². The topological polar surface area (TPSA) is 113 Å². The highest BCUT2D eigenvalue weighted by Crippen LogP contribution is 2.50. The predicted octanol–water partition coefficient (Wildman–Crippen LogP) is 1.40. The van der Waals surface area contributed by atoms with Crippen LogP contribution in [0, 0.1) is 9.81 Å². The molecule has 10 heavy (non-hydrogen) atoms. The molecule has 0 saturated heterocycles. The third-order valence-electron chi connectivity index (χ3n) is 0.524. The highest BCUT2D eigenvalue weighted by atomic mass is 31.2. The number of hydrogen-bond donors (Lipinski definition) is 1. The van der Waals surface area contributed by atoms with E-state index in [0.29, 0.717) is 0 Å². The lowest BCUT2D eigenvalue weighted by atomic mass is 11.9. The molecule has 0 aliphatic carbocycles. The lowest BCUT2D eigenvalue weighted by Gasteiger charge is -1.86. The van der Waals surface area contributed by atoms with Crippen molar-refractivity contribution in [1.29, 1.82) is 0 Å². The summed E-state index contributed by atoms with van der Waals surface area (Å²) < 4.78 is 20.4. The van der Waals surface area contributed by atoms with Gasteiger partial charge in [-0.05, 0) is 4.57 Å². The highest BCUT2D eigenvalue weighted by Gasteiger charge is 2.34. The van der Waals surface area contributed by atoms with Crippen LogP contribution < -0.4 is 0 Å². The zero-order valence-electron chi connectivity index (χ0n) is 4.58. The molecule has 0 aromatic rings. The van der Waals surface area contributed by atoms with Gasteiger partial charge in [0.25, 0.3) is 5.90 Å². The Bertz CT molecular complexity index is 212. The fraction of sp³-hybridized carbons (Fsp3) is 1.00. The van der Waals surface area contributed by atoms with E-state index in [1.807, 2.05) is 4.95 Å². The molecule has 0 aromatic heterocycles. The van der Waals surface area contributed by atoms with Crippen LogP contribution in [-0.2, 0) is 9.13 Å². The van der Waals surface area contributed by atoms with Crippen LogP contribution in [-0.4, -0.2) is 10.8 Å². The Balaban J connectivity index is 4.14. The van der Waals surface area contributed by atoms with E-state index in [4.69, 9.17) is 4.89 Å². The predicted molar refractivity (Wildman–Crippen MR) is 33.9 cm³/mol. The Morgan fingerprint density at radius 1 is 1.50 bits per heavy atom. The van der Waals surface area contributed by atoms with Gasteiger partial charge in [-0.25, -0.2) is 0 Å². The number of nitroso groups, excluding NO2 is 2. The van der Waals surface area contributed by atoms with Gasteiger partial charge in [-0.2, -0.15) is 0 Å². The monoisotopic (exact) mass is 185 g/mol. The number of nitrogens with zero attached hydrogens (tertiary/aromatic N) is 2. The smallest absolute Gasteiger partial charge is 0.323 e. The first-order chi connectivity index (χ1) is 4.52. The van der Waals surface area contributed by atoms with Crippen molar-refractivity contribution in [3.63, 3.8) is 0 Å². The molecule has 56 valence electrons. The molecule has 9 heteroatoms. The van der Waals surface area contributed by atoms with Gasteiger partial charge in [-0.15, -0.1) is 4.91 Å². The molecule has 0 aliphatic heterocycles. The normalized spacial score (nSPS) is 17.1. The minimum Gasteiger partial charge on any atom is -0.323 e. The fourth-order valence-electron chi connectivity index (χ4n) is 0.209. The van der Waals surface area contributed by atoms with Gasteiger partial charge >= 0.3 is 15.5 Å². The second-order valence-electron chi connectivity index (χ2n) is 1.32. The van der Waals surface area contributed by atoms with E-state index in [-0.39, 0.29) is 0 Å². The molecule has 7 nitrogen and oxygen atoms in total. The standard InChI is InChI=1S/CH2N2O5P2/c4-2-9(6)1-10(7,8)3-5/h1H2/p+1. The van der Waals surface area contributed by atoms with Crippen molar-refractivity contribution in [2.45, 2.75) is 0 Å². The molecule has 0 radical (unpaired) electrons. The summed E-state index contributed by atoms with van der Waals surface area (Å²) in [6.07, 6.45) is 0. The van der Waals surface area contributed by atoms with Gasteiger partial charge in [0.2, 0.25) is 4.95 Å². The second kappa shape index (κ2) is 3.61. The number of hydrogen-bond acceptors (Lipinski definition) is 4. The van der Waals surface area contributed by atoms with Crippen molar-refractivity contribution in [2.24, 2.45) is 9.89 Å². The van der Waals surface area contributed by atoms with Crippen molar-refractivity contribution < 1.29 is 14.0 Å². The van der Waals surface area contributed by atoms with E-state index in [1.165, 1.54) is 0 Å². The molecular weight excluding hydrogens is 182 g/mol. The molecule has 0 bridgehead atoms. The lowest BCUT2D eigenvalue weighted by molar-refractivity contribution is 0.484. The molecule has 2 atom stereocenters. The van der Waals surface area contributed by atoms with Crippen LogP contribution in [0.1, 0.15) is 0 Å². The van der Waals surface area contributed by atoms with Crippen LogP contribution in [0.2, 0.25) is 0 Å². The van der Waals surface area contributed by atoms with E-state index in [0.717, 1.165) is 0 Å². The first kappa shape index (κ1) is 9.49. The van der Waals surface area contributed by atoms with E-state index in [2.05, 4.69) is 0 Å². The van der Waals surface area contributed by atoms with Crippen molar-refractivity contribution in [1.82, 2.24) is 0 Å². The first-order valence-electron chi connectivity index (χ1n) is 1.96. The van der Waals surface area contributed by atoms with Crippen molar-refractivity contribution >= 4 is 15.5 Å². The minimum atomic E-state index is -4.25. The van der Waals surface area contributed by atoms with E-state index >= 15 is 0 Å². The molecule has 2 unspecified atom stereocenters. The summed E-state index contributed by atoms with van der Waals surface area (Å²) in [6, 6.07) is 0. The largest absolute Gasteiger partial charge is 0.538 e. The summed E-state index contributed by atoms with van der Waals surface area (Å²) in [5.41, 5.74) is 0. The zero-order chi connectivity index (χ0) is 8.20. The minimum absolute atomic E-state index is 0.963. The quantitative estimate of drug-likeness (QED) is 0.525. The van der Waals surface area contributed by atoms with E-state index < -0.39 is 21.4 Å². The number of rotatable bonds is 4. The molecule has 0 aromatic carbocycles. The molecule has 0 spiro atoms. The third-order valence-corrected chi connectivity index (χ3v) is 3.40. The molecule has 0 aliphatic rings. The summed E-state index contributed by atoms with van der Waals surface area (Å²) >= 11 is 0. The zero-order valence-corrected chi connectivity index (χ0v) is 6.37. The Kier molecular flexibility index (Phi) is 3.42. The van der Waals surface area contributed by atoms with E-state index in [1.54, 1.807) is 4.95 Å². The SMILES string of the molecule is O=N[P+](=O)CP(=O)(O)N=O. The fourth-order valence-corrected chi connectivity index (χ4v) is 1.88. The molecule has 0 heterocycles. The van der Waals surface area contributed by atoms with Crippen molar-refractivity contribution in [3.05, 3.63) is 9.81 Å². The maximum absolute atomic E-state index is 10.2. The summed E-state index contributed by atoms with van der Waals surface area (Å²) in [6.45, 7) is 0. The van der Waals surface area contributed by atoms with Crippen LogP contribution in [0.4, 0.5) is 0 Å². The molecule has 1 N–H and O–H groups in total. The summed E-state index contributed by atoms with van der Waals surface area (Å²) in [7, 11) is -6.91. The maximum Gasteiger partial charge on any atom is 0.538 e. The first-order valence-corrected chi connectivity index (χ1v) is 5.16. The Labute approximate surface area is 56.1 Å². The summed E-state index contributed by atoms with van der Waals surface area (Å²) in [5, 5.41) is 0. The third kappa shape index (κ3) is 3.50. The van der Waals surface area contributed by atoms with E-state index in [9.17, 15) is 18.9 Å². The Hall–Kier alpha value is -0.510. The second-order valence-corrected chi connectivity index (χ2v) is 4.81. The van der Waals surface area contributed by atoms with Crippen LogP contribution in [0.5, 0.6) is 0 Å². The molecular formula is CH3N2O5P2+. The van der Waals surface area contributed by atoms with Crippen LogP contribution in [0.3, 0.4) is 0 Å². The lowest BCUT2D eigenvalue weighted by Crippen LogP contribution is -1.76. The molecule has 0 rings (SSSR count). The van der Waals surface area contributed by atoms with Gasteiger partial charge in [0.15, 0.2) is 0 Å². The van der Waals surface area contributed by atoms with Crippen molar-refractivity contribution in [2.75, 3.05) is 5.90 Å². The summed E-state index contributed by atoms with van der Waals surface area (Å²) in [5.74, 6) is -0.963. The molecule has 0 fully saturated rings. The van der Waals surface area contributed by atoms with Gasteiger partial charge in [0, 0.05) is 4.95 Å². The van der Waals surface area contributed by atoms with Crippen molar-refractivity contribution in [3.8, 4) is 0 Å². The molecule has 0 saturated carbocycles. The Morgan fingerprint density at radius 2 is 2.00 bits per heavy atom. The van der Waals surface area contributed by atoms with Gasteiger partial charge in [0.05, 0.1) is 0 Å².